The molecule has 0 spiro atoms. The summed E-state index contributed by atoms with van der Waals surface area (Å²) in [6.07, 6.45) is 1.27. The van der Waals surface area contributed by atoms with Gasteiger partial charge in [-0.15, -0.1) is 0 Å². The van der Waals surface area contributed by atoms with Gasteiger partial charge < -0.3 is 10.6 Å². The Morgan fingerprint density at radius 1 is 1.11 bits per heavy atom. The lowest BCUT2D eigenvalue weighted by Crippen LogP contribution is -2.21. The molecule has 92 valence electrons. The lowest BCUT2D eigenvalue weighted by Gasteiger charge is -2.07. The van der Waals surface area contributed by atoms with E-state index in [-0.39, 0.29) is 12.5 Å². The number of benzene rings is 1. The van der Waals surface area contributed by atoms with E-state index < -0.39 is 5.95 Å². The van der Waals surface area contributed by atoms with Crippen molar-refractivity contribution in [2.75, 3.05) is 17.2 Å². The number of anilines is 2. The van der Waals surface area contributed by atoms with E-state index in [4.69, 9.17) is 0 Å². The van der Waals surface area contributed by atoms with Crippen LogP contribution in [0.1, 0.15) is 0 Å². The van der Waals surface area contributed by atoms with Crippen molar-refractivity contribution < 1.29 is 9.18 Å². The van der Waals surface area contributed by atoms with Gasteiger partial charge in [0.05, 0.1) is 18.4 Å². The second-order valence-corrected chi connectivity index (χ2v) is 3.64. The van der Waals surface area contributed by atoms with Crippen molar-refractivity contribution >= 4 is 17.3 Å². The lowest BCUT2D eigenvalue weighted by atomic mass is 10.3. The second kappa shape index (κ2) is 5.77. The molecule has 0 saturated carbocycles. The zero-order chi connectivity index (χ0) is 12.8. The van der Waals surface area contributed by atoms with Crippen LogP contribution in [0, 0.1) is 5.95 Å². The highest BCUT2D eigenvalue weighted by atomic mass is 19.1. The molecule has 2 N–H and O–H groups in total. The molecule has 1 aromatic carbocycles. The van der Waals surface area contributed by atoms with Crippen LogP contribution in [-0.2, 0) is 4.79 Å². The van der Waals surface area contributed by atoms with E-state index in [1.807, 2.05) is 30.3 Å². The Bertz CT molecular complexity index is 514. The Balaban J connectivity index is 1.84. The Morgan fingerprint density at radius 3 is 2.56 bits per heavy atom. The number of halogens is 1. The first kappa shape index (κ1) is 12.0. The van der Waals surface area contributed by atoms with E-state index in [1.165, 1.54) is 18.3 Å². The summed E-state index contributed by atoms with van der Waals surface area (Å²) >= 11 is 0. The van der Waals surface area contributed by atoms with E-state index in [2.05, 4.69) is 15.6 Å². The smallest absolute Gasteiger partial charge is 0.243 e. The second-order valence-electron chi connectivity index (χ2n) is 3.64. The molecule has 1 heterocycles. The van der Waals surface area contributed by atoms with Gasteiger partial charge >= 0.3 is 0 Å². The largest absolute Gasteiger partial charge is 0.376 e. The number of nitrogens with zero attached hydrogens (tertiary/aromatic N) is 1. The van der Waals surface area contributed by atoms with E-state index in [9.17, 15) is 9.18 Å². The molecule has 0 unspecified atom stereocenters. The molecular formula is C13H12FN3O. The Labute approximate surface area is 104 Å². The summed E-state index contributed by atoms with van der Waals surface area (Å²) in [6, 6.07) is 12.0. The minimum Gasteiger partial charge on any atom is -0.376 e. The standard InChI is InChI=1S/C13H12FN3O/c14-12-7-6-11(8-16-12)17-13(18)9-15-10-4-2-1-3-5-10/h1-8,15H,9H2,(H,17,18). The van der Waals surface area contributed by atoms with Gasteiger partial charge in [-0.05, 0) is 24.3 Å². The van der Waals surface area contributed by atoms with Gasteiger partial charge in [-0.2, -0.15) is 4.39 Å². The average Bonchev–Trinajstić information content (AvgIpc) is 2.40. The van der Waals surface area contributed by atoms with E-state index in [0.717, 1.165) is 5.69 Å². The van der Waals surface area contributed by atoms with Crippen molar-refractivity contribution in [1.82, 2.24) is 4.98 Å². The number of amides is 1. The maximum atomic E-state index is 12.6. The van der Waals surface area contributed by atoms with Crippen molar-refractivity contribution in [1.29, 1.82) is 0 Å². The maximum Gasteiger partial charge on any atom is 0.243 e. The molecule has 0 aliphatic rings. The summed E-state index contributed by atoms with van der Waals surface area (Å²) in [6.45, 7) is 0.140. The van der Waals surface area contributed by atoms with Crippen LogP contribution in [0.5, 0.6) is 0 Å². The lowest BCUT2D eigenvalue weighted by molar-refractivity contribution is -0.114. The fourth-order valence-corrected chi connectivity index (χ4v) is 1.39. The van der Waals surface area contributed by atoms with Crippen molar-refractivity contribution in [2.45, 2.75) is 0 Å². The maximum absolute atomic E-state index is 12.6. The van der Waals surface area contributed by atoms with Crippen LogP contribution < -0.4 is 10.6 Å². The van der Waals surface area contributed by atoms with Gasteiger partial charge in [0, 0.05) is 5.69 Å². The molecule has 18 heavy (non-hydrogen) atoms. The third-order valence-corrected chi connectivity index (χ3v) is 2.24. The summed E-state index contributed by atoms with van der Waals surface area (Å²) in [5.74, 6) is -0.789. The highest BCUT2D eigenvalue weighted by molar-refractivity contribution is 5.93. The van der Waals surface area contributed by atoms with Gasteiger partial charge in [-0.3, -0.25) is 4.79 Å². The topological polar surface area (TPSA) is 54.0 Å². The summed E-state index contributed by atoms with van der Waals surface area (Å²) < 4.78 is 12.6. The number of pyridine rings is 1. The van der Waals surface area contributed by atoms with Gasteiger partial charge in [-0.25, -0.2) is 4.98 Å². The summed E-state index contributed by atoms with van der Waals surface area (Å²) in [7, 11) is 0. The zero-order valence-corrected chi connectivity index (χ0v) is 9.56. The summed E-state index contributed by atoms with van der Waals surface area (Å²) in [4.78, 5) is 15.0. The SMILES string of the molecule is O=C(CNc1ccccc1)Nc1ccc(F)nc1. The molecule has 0 aliphatic heterocycles. The molecule has 1 amide bonds. The molecule has 0 bridgehead atoms. The molecule has 0 fully saturated rings. The Hall–Kier alpha value is -2.43. The monoisotopic (exact) mass is 245 g/mol. The number of carbonyl (C=O) groups excluding carboxylic acids is 1. The minimum absolute atomic E-state index is 0.140. The first-order chi connectivity index (χ1) is 8.74. The van der Waals surface area contributed by atoms with Crippen molar-refractivity contribution in [3.05, 3.63) is 54.6 Å². The highest BCUT2D eigenvalue weighted by Gasteiger charge is 2.02. The molecule has 0 saturated heterocycles. The van der Waals surface area contributed by atoms with Crippen LogP contribution in [0.25, 0.3) is 0 Å². The number of aromatic nitrogens is 1. The molecular weight excluding hydrogens is 233 g/mol. The molecule has 0 radical (unpaired) electrons. The third-order valence-electron chi connectivity index (χ3n) is 2.24. The summed E-state index contributed by atoms with van der Waals surface area (Å²) in [5, 5.41) is 5.58. The van der Waals surface area contributed by atoms with Crippen molar-refractivity contribution in [2.24, 2.45) is 0 Å². The fourth-order valence-electron chi connectivity index (χ4n) is 1.39. The average molecular weight is 245 g/mol. The van der Waals surface area contributed by atoms with Crippen molar-refractivity contribution in [3.63, 3.8) is 0 Å². The van der Waals surface area contributed by atoms with E-state index in [0.29, 0.717) is 5.69 Å². The molecule has 2 aromatic rings. The fraction of sp³-hybridized carbons (Fsp3) is 0.0769. The number of para-hydroxylation sites is 1. The molecule has 0 atom stereocenters. The highest BCUT2D eigenvalue weighted by Crippen LogP contribution is 2.06. The molecule has 5 heteroatoms. The van der Waals surface area contributed by atoms with Gasteiger partial charge in [0.15, 0.2) is 0 Å². The van der Waals surface area contributed by atoms with Crippen LogP contribution in [0.4, 0.5) is 15.8 Å². The quantitative estimate of drug-likeness (QED) is 0.812. The van der Waals surface area contributed by atoms with Crippen LogP contribution in [-0.4, -0.2) is 17.4 Å². The third kappa shape index (κ3) is 3.55. The van der Waals surface area contributed by atoms with Gasteiger partial charge in [-0.1, -0.05) is 18.2 Å². The first-order valence-corrected chi connectivity index (χ1v) is 5.44. The Morgan fingerprint density at radius 2 is 1.89 bits per heavy atom. The minimum atomic E-state index is -0.574. The van der Waals surface area contributed by atoms with Gasteiger partial charge in [0.25, 0.3) is 0 Å². The predicted octanol–water partition coefficient (Wildman–Crippen LogP) is 2.27. The van der Waals surface area contributed by atoms with Gasteiger partial charge in [0.2, 0.25) is 11.9 Å². The summed E-state index contributed by atoms with van der Waals surface area (Å²) in [5.41, 5.74) is 1.33. The number of hydrogen-bond donors (Lipinski definition) is 2. The molecule has 4 nitrogen and oxygen atoms in total. The molecule has 1 aromatic heterocycles. The van der Waals surface area contributed by atoms with E-state index in [1.54, 1.807) is 0 Å². The Kier molecular flexibility index (Phi) is 3.86. The number of nitrogens with one attached hydrogen (secondary N) is 2. The zero-order valence-electron chi connectivity index (χ0n) is 9.56. The predicted molar refractivity (Wildman–Crippen MR) is 67.8 cm³/mol. The molecule has 2 rings (SSSR count). The van der Waals surface area contributed by atoms with Gasteiger partial charge in [0.1, 0.15) is 0 Å². The number of rotatable bonds is 4. The normalized spacial score (nSPS) is 9.83. The van der Waals surface area contributed by atoms with Crippen molar-refractivity contribution in [3.8, 4) is 0 Å². The van der Waals surface area contributed by atoms with Crippen LogP contribution in [0.15, 0.2) is 48.7 Å². The number of hydrogen-bond acceptors (Lipinski definition) is 3. The van der Waals surface area contributed by atoms with Crippen LogP contribution in [0.2, 0.25) is 0 Å². The van der Waals surface area contributed by atoms with Crippen LogP contribution in [0.3, 0.4) is 0 Å². The van der Waals surface area contributed by atoms with E-state index >= 15 is 0 Å². The number of carbonyl (C=O) groups is 1. The van der Waals surface area contributed by atoms with Crippen LogP contribution >= 0.6 is 0 Å². The molecule has 0 aliphatic carbocycles. The first-order valence-electron chi connectivity index (χ1n) is 5.44.